The van der Waals surface area contributed by atoms with E-state index in [0.29, 0.717) is 30.6 Å². The number of rotatable bonds is 3. The molecule has 2 rings (SSSR count). The maximum Gasteiger partial charge on any atom is 0.229 e. The molecule has 1 unspecified atom stereocenters. The summed E-state index contributed by atoms with van der Waals surface area (Å²) in [7, 11) is 0. The van der Waals surface area contributed by atoms with Crippen LogP contribution in [-0.4, -0.2) is 40.4 Å². The van der Waals surface area contributed by atoms with E-state index in [1.807, 2.05) is 6.26 Å². The van der Waals surface area contributed by atoms with Gasteiger partial charge in [0.15, 0.2) is 0 Å². The van der Waals surface area contributed by atoms with E-state index < -0.39 is 0 Å². The predicted octanol–water partition coefficient (Wildman–Crippen LogP) is -0.162. The predicted molar refractivity (Wildman–Crippen MR) is 57.7 cm³/mol. The summed E-state index contributed by atoms with van der Waals surface area (Å²) in [6.07, 6.45) is 2.40. The molecule has 0 bridgehead atoms. The number of aromatic amines is 1. The van der Waals surface area contributed by atoms with Crippen molar-refractivity contribution in [3.63, 3.8) is 0 Å². The highest BCUT2D eigenvalue weighted by Gasteiger charge is 2.31. The highest BCUT2D eigenvalue weighted by molar-refractivity contribution is 7.98. The van der Waals surface area contributed by atoms with Crippen molar-refractivity contribution in [2.45, 2.75) is 11.6 Å². The molecule has 1 aromatic heterocycles. The second-order valence-electron chi connectivity index (χ2n) is 3.46. The molecular weight excluding hydrogens is 214 g/mol. The number of carbonyl (C=O) groups is 1. The summed E-state index contributed by atoms with van der Waals surface area (Å²) in [4.78, 5) is 17.4. The van der Waals surface area contributed by atoms with Gasteiger partial charge in [-0.05, 0) is 18.7 Å². The lowest BCUT2D eigenvalue weighted by Gasteiger charge is -2.11. The van der Waals surface area contributed by atoms with E-state index in [0.717, 1.165) is 0 Å². The first-order valence-electron chi connectivity index (χ1n) is 4.71. The minimum Gasteiger partial charge on any atom is -0.330 e. The molecule has 1 amide bonds. The number of carbonyl (C=O) groups excluding carboxylic acids is 1. The number of nitrogens with zero attached hydrogens (tertiary/aromatic N) is 3. The smallest absolute Gasteiger partial charge is 0.229 e. The summed E-state index contributed by atoms with van der Waals surface area (Å²) in [5.74, 6) is 0.829. The zero-order valence-corrected chi connectivity index (χ0v) is 9.25. The molecule has 1 aromatic rings. The number of aromatic nitrogens is 3. The number of amides is 1. The van der Waals surface area contributed by atoms with Gasteiger partial charge in [0, 0.05) is 13.0 Å². The topological polar surface area (TPSA) is 87.9 Å². The van der Waals surface area contributed by atoms with E-state index in [2.05, 4.69) is 15.2 Å². The second-order valence-corrected chi connectivity index (χ2v) is 4.23. The molecule has 3 N–H and O–H groups in total. The van der Waals surface area contributed by atoms with Crippen LogP contribution in [0.1, 0.15) is 6.42 Å². The third-order valence-corrected chi connectivity index (χ3v) is 2.98. The summed E-state index contributed by atoms with van der Waals surface area (Å²) in [6, 6.07) is 0. The Morgan fingerprint density at radius 3 is 3.07 bits per heavy atom. The Balaban J connectivity index is 2.14. The van der Waals surface area contributed by atoms with Crippen LogP contribution in [0.4, 0.5) is 5.95 Å². The summed E-state index contributed by atoms with van der Waals surface area (Å²) in [6.45, 7) is 1.17. The molecule has 82 valence electrons. The average molecular weight is 227 g/mol. The van der Waals surface area contributed by atoms with Crippen molar-refractivity contribution in [3.8, 4) is 0 Å². The van der Waals surface area contributed by atoms with Gasteiger partial charge >= 0.3 is 0 Å². The molecule has 0 saturated carbocycles. The Morgan fingerprint density at radius 1 is 1.73 bits per heavy atom. The Kier molecular flexibility index (Phi) is 2.92. The fraction of sp³-hybridized carbons (Fsp3) is 0.625. The maximum absolute atomic E-state index is 11.6. The van der Waals surface area contributed by atoms with Gasteiger partial charge in [-0.2, -0.15) is 4.98 Å². The van der Waals surface area contributed by atoms with Gasteiger partial charge in [-0.15, -0.1) is 5.10 Å². The minimum atomic E-state index is 0.0641. The van der Waals surface area contributed by atoms with Crippen molar-refractivity contribution < 1.29 is 4.79 Å². The summed E-state index contributed by atoms with van der Waals surface area (Å²) in [5, 5.41) is 7.37. The zero-order chi connectivity index (χ0) is 10.8. The Morgan fingerprint density at radius 2 is 2.53 bits per heavy atom. The van der Waals surface area contributed by atoms with E-state index in [4.69, 9.17) is 5.73 Å². The van der Waals surface area contributed by atoms with Crippen molar-refractivity contribution in [1.82, 2.24) is 15.2 Å². The van der Waals surface area contributed by atoms with Gasteiger partial charge in [0.1, 0.15) is 0 Å². The first kappa shape index (κ1) is 10.4. The van der Waals surface area contributed by atoms with Crippen LogP contribution < -0.4 is 10.6 Å². The van der Waals surface area contributed by atoms with E-state index in [1.54, 1.807) is 4.90 Å². The maximum atomic E-state index is 11.6. The Labute approximate surface area is 91.6 Å². The third-order valence-electron chi connectivity index (χ3n) is 2.43. The van der Waals surface area contributed by atoms with Gasteiger partial charge in [0.2, 0.25) is 17.0 Å². The molecule has 0 aliphatic carbocycles. The molecule has 1 aliphatic heterocycles. The highest BCUT2D eigenvalue weighted by atomic mass is 32.2. The van der Waals surface area contributed by atoms with Gasteiger partial charge in [-0.1, -0.05) is 11.8 Å². The van der Waals surface area contributed by atoms with E-state index >= 15 is 0 Å². The molecule has 1 saturated heterocycles. The van der Waals surface area contributed by atoms with E-state index in [1.165, 1.54) is 11.8 Å². The van der Waals surface area contributed by atoms with Crippen molar-refractivity contribution in [2.24, 2.45) is 11.7 Å². The molecule has 7 heteroatoms. The van der Waals surface area contributed by atoms with Crippen LogP contribution in [0.2, 0.25) is 0 Å². The summed E-state index contributed by atoms with van der Waals surface area (Å²) < 4.78 is 0. The molecule has 1 atom stereocenters. The van der Waals surface area contributed by atoms with Crippen LogP contribution >= 0.6 is 11.8 Å². The number of nitrogens with two attached hydrogens (primary N) is 1. The second kappa shape index (κ2) is 4.19. The summed E-state index contributed by atoms with van der Waals surface area (Å²) >= 11 is 1.44. The Bertz CT molecular complexity index is 366. The first-order valence-corrected chi connectivity index (χ1v) is 5.94. The van der Waals surface area contributed by atoms with E-state index in [9.17, 15) is 4.79 Å². The lowest BCUT2D eigenvalue weighted by Crippen LogP contribution is -2.26. The third kappa shape index (κ3) is 1.98. The highest BCUT2D eigenvalue weighted by Crippen LogP contribution is 2.22. The van der Waals surface area contributed by atoms with Crippen LogP contribution in [0, 0.1) is 5.92 Å². The fourth-order valence-corrected chi connectivity index (χ4v) is 1.91. The quantitative estimate of drug-likeness (QED) is 0.700. The molecule has 0 spiro atoms. The van der Waals surface area contributed by atoms with E-state index in [-0.39, 0.29) is 11.8 Å². The largest absolute Gasteiger partial charge is 0.330 e. The van der Waals surface area contributed by atoms with Gasteiger partial charge in [0.05, 0.1) is 0 Å². The number of hydrogen-bond acceptors (Lipinski definition) is 5. The van der Waals surface area contributed by atoms with Crippen molar-refractivity contribution in [3.05, 3.63) is 0 Å². The van der Waals surface area contributed by atoms with Crippen molar-refractivity contribution in [2.75, 3.05) is 24.2 Å². The standard InChI is InChI=1S/C8H13N5OS/c1-15-8-10-7(11-12-8)13-4-5(3-9)2-6(13)14/h5H,2-4,9H2,1H3,(H,10,11,12). The van der Waals surface area contributed by atoms with Crippen LogP contribution in [-0.2, 0) is 4.79 Å². The molecule has 1 aliphatic rings. The van der Waals surface area contributed by atoms with Crippen LogP contribution in [0.15, 0.2) is 5.16 Å². The SMILES string of the molecule is CSc1n[nH]c(N2CC(CN)CC2=O)n1. The lowest BCUT2D eigenvalue weighted by molar-refractivity contribution is -0.117. The monoisotopic (exact) mass is 227 g/mol. The first-order chi connectivity index (χ1) is 7.24. The molecule has 15 heavy (non-hydrogen) atoms. The molecular formula is C8H13N5OS. The number of hydrogen-bond donors (Lipinski definition) is 2. The number of anilines is 1. The van der Waals surface area contributed by atoms with Gasteiger partial charge in [-0.3, -0.25) is 9.69 Å². The molecule has 0 radical (unpaired) electrons. The number of thioether (sulfide) groups is 1. The van der Waals surface area contributed by atoms with Crippen molar-refractivity contribution in [1.29, 1.82) is 0 Å². The van der Waals surface area contributed by atoms with Gasteiger partial charge in [-0.25, -0.2) is 5.10 Å². The normalized spacial score (nSPS) is 21.3. The van der Waals surface area contributed by atoms with Crippen LogP contribution in [0.5, 0.6) is 0 Å². The summed E-state index contributed by atoms with van der Waals surface area (Å²) in [5.41, 5.74) is 5.54. The fourth-order valence-electron chi connectivity index (χ4n) is 1.59. The lowest BCUT2D eigenvalue weighted by atomic mass is 10.1. The van der Waals surface area contributed by atoms with Crippen LogP contribution in [0.25, 0.3) is 0 Å². The van der Waals surface area contributed by atoms with Crippen LogP contribution in [0.3, 0.4) is 0 Å². The minimum absolute atomic E-state index is 0.0641. The van der Waals surface area contributed by atoms with Crippen molar-refractivity contribution >= 4 is 23.6 Å². The molecule has 2 heterocycles. The Hall–Kier alpha value is -1.08. The number of H-pyrrole nitrogens is 1. The number of nitrogens with one attached hydrogen (secondary N) is 1. The molecule has 1 fully saturated rings. The van der Waals surface area contributed by atoms with Gasteiger partial charge < -0.3 is 5.73 Å². The average Bonchev–Trinajstić information content (AvgIpc) is 2.83. The molecule has 0 aromatic carbocycles. The van der Waals surface area contributed by atoms with Gasteiger partial charge in [0.25, 0.3) is 0 Å². The zero-order valence-electron chi connectivity index (χ0n) is 8.43. The molecule has 6 nitrogen and oxygen atoms in total.